The number of fused-ring (bicyclic) bond motifs is 2. The number of rotatable bonds is 13. The number of carbonyl (C=O) groups excluding carboxylic acids is 4. The number of hydrogen-bond donors (Lipinski definition) is 1. The molecule has 0 radical (unpaired) electrons. The molecule has 2 saturated heterocycles. The van der Waals surface area contributed by atoms with Crippen molar-refractivity contribution in [1.82, 2.24) is 29.6 Å². The van der Waals surface area contributed by atoms with Gasteiger partial charge in [-0.15, -0.1) is 0 Å². The summed E-state index contributed by atoms with van der Waals surface area (Å²) in [4.78, 5) is 68.0. The Bertz CT molecular complexity index is 2460. The van der Waals surface area contributed by atoms with E-state index < -0.39 is 41.4 Å². The fourth-order valence-corrected chi connectivity index (χ4v) is 8.93. The maximum Gasteiger partial charge on any atom is 0.411 e. The fraction of sp³-hybridized carbons (Fsp3) is 0.380. The maximum atomic E-state index is 14.8. The van der Waals surface area contributed by atoms with Crippen LogP contribution in [0.2, 0.25) is 10.0 Å². The van der Waals surface area contributed by atoms with Crippen molar-refractivity contribution in [3.8, 4) is 22.8 Å². The maximum absolute atomic E-state index is 14.8. The van der Waals surface area contributed by atoms with Crippen molar-refractivity contribution in [3.63, 3.8) is 0 Å². The Morgan fingerprint density at radius 1 is 0.923 bits per heavy atom. The molecule has 2 aliphatic heterocycles. The molecule has 342 valence electrons. The zero-order valence-corrected chi connectivity index (χ0v) is 39.0. The largest absolute Gasteiger partial charge is 0.457 e. The highest BCUT2D eigenvalue weighted by Crippen LogP contribution is 2.34. The van der Waals surface area contributed by atoms with Gasteiger partial charge in [0.05, 0.1) is 49.1 Å². The van der Waals surface area contributed by atoms with E-state index >= 15 is 0 Å². The van der Waals surface area contributed by atoms with Crippen LogP contribution >= 0.6 is 23.2 Å². The molecular weight excluding hydrogens is 867 g/mol. The van der Waals surface area contributed by atoms with Gasteiger partial charge in [0.1, 0.15) is 17.3 Å². The third-order valence-electron chi connectivity index (χ3n) is 12.2. The van der Waals surface area contributed by atoms with Crippen molar-refractivity contribution in [3.05, 3.63) is 136 Å². The van der Waals surface area contributed by atoms with Gasteiger partial charge in [0.25, 0.3) is 5.91 Å². The number of benzene rings is 4. The first kappa shape index (κ1) is 47.2. The third kappa shape index (κ3) is 11.8. The first-order valence-electron chi connectivity index (χ1n) is 21.8. The van der Waals surface area contributed by atoms with Crippen LogP contribution in [0, 0.1) is 5.92 Å². The van der Waals surface area contributed by atoms with Crippen LogP contribution in [0.4, 0.5) is 4.79 Å². The van der Waals surface area contributed by atoms with E-state index in [1.807, 2.05) is 94.1 Å². The Morgan fingerprint density at radius 2 is 1.65 bits per heavy atom. The molecule has 1 N–H and O–H groups in total. The van der Waals surface area contributed by atoms with E-state index in [4.69, 9.17) is 37.4 Å². The van der Waals surface area contributed by atoms with Crippen LogP contribution in [0.15, 0.2) is 103 Å². The summed E-state index contributed by atoms with van der Waals surface area (Å²) in [6.07, 6.45) is 1.14. The molecule has 0 aliphatic carbocycles. The number of piperidine rings is 1. The minimum atomic E-state index is -1.25. The summed E-state index contributed by atoms with van der Waals surface area (Å²) in [5.41, 5.74) is 3.23. The van der Waals surface area contributed by atoms with Gasteiger partial charge in [0.2, 0.25) is 5.91 Å². The average molecular weight is 924 g/mol. The Hall–Kier alpha value is -5.73. The molecule has 13 nitrogen and oxygen atoms in total. The molecule has 7 rings (SSSR count). The van der Waals surface area contributed by atoms with Crippen molar-refractivity contribution in [2.24, 2.45) is 13.0 Å². The summed E-state index contributed by atoms with van der Waals surface area (Å²) in [6, 6.07) is 28.2. The van der Waals surface area contributed by atoms with E-state index in [0.717, 1.165) is 28.2 Å². The highest BCUT2D eigenvalue weighted by Gasteiger charge is 2.43. The van der Waals surface area contributed by atoms with Gasteiger partial charge in [0, 0.05) is 61.3 Å². The summed E-state index contributed by atoms with van der Waals surface area (Å²) < 4.78 is 20.3. The van der Waals surface area contributed by atoms with Crippen LogP contribution in [0.1, 0.15) is 48.7 Å². The van der Waals surface area contributed by atoms with Crippen molar-refractivity contribution < 1.29 is 33.4 Å². The molecular formula is C50H56Cl2N6O7. The van der Waals surface area contributed by atoms with Crippen molar-refractivity contribution in [2.45, 2.75) is 69.8 Å². The molecule has 0 unspecified atom stereocenters. The summed E-state index contributed by atoms with van der Waals surface area (Å²) in [5, 5.41) is 4.27. The van der Waals surface area contributed by atoms with E-state index in [2.05, 4.69) is 19.8 Å². The smallest absolute Gasteiger partial charge is 0.411 e. The number of methoxy groups -OCH3 is 1. The average Bonchev–Trinajstić information content (AvgIpc) is 3.64. The summed E-state index contributed by atoms with van der Waals surface area (Å²) >= 11 is 12.8. The molecule has 15 heteroatoms. The van der Waals surface area contributed by atoms with E-state index in [9.17, 15) is 19.2 Å². The SMILES string of the molecule is COC[C@@H]1CC(=O)[C@H](C)N(Cc2ccc(Cl)cc2Oc2ccc(-c3cnc(CN(C)C)n3C)cc2)C(=O)O[C@@H](Cc2ccccc2)C(=O)N2CCC[C@@](Cc3ccc(Cl)cc3)(C2)NC1=O. The summed E-state index contributed by atoms with van der Waals surface area (Å²) in [5.74, 6) is -0.270. The molecule has 3 amide bonds. The van der Waals surface area contributed by atoms with Crippen molar-refractivity contribution >= 4 is 46.9 Å². The molecule has 2 fully saturated rings. The van der Waals surface area contributed by atoms with Gasteiger partial charge in [-0.25, -0.2) is 9.78 Å². The topological polar surface area (TPSA) is 136 Å². The number of amides is 3. The highest BCUT2D eigenvalue weighted by atomic mass is 35.5. The predicted molar refractivity (Wildman–Crippen MR) is 250 cm³/mol. The van der Waals surface area contributed by atoms with Gasteiger partial charge < -0.3 is 33.9 Å². The normalized spacial score (nSPS) is 21.0. The number of nitrogens with zero attached hydrogens (tertiary/aromatic N) is 5. The number of imidazole rings is 1. The van der Waals surface area contributed by atoms with Crippen LogP contribution in [0.25, 0.3) is 11.3 Å². The Balaban J connectivity index is 1.21. The Labute approximate surface area is 390 Å². The molecule has 65 heavy (non-hydrogen) atoms. The van der Waals surface area contributed by atoms with Gasteiger partial charge in [0.15, 0.2) is 11.9 Å². The van der Waals surface area contributed by atoms with Gasteiger partial charge in [-0.05, 0) is 99.9 Å². The quantitative estimate of drug-likeness (QED) is 0.124. The monoisotopic (exact) mass is 922 g/mol. The van der Waals surface area contributed by atoms with Gasteiger partial charge in [-0.3, -0.25) is 19.3 Å². The second-order valence-corrected chi connectivity index (χ2v) is 18.2. The Morgan fingerprint density at radius 3 is 2.35 bits per heavy atom. The number of halogens is 2. The zero-order chi connectivity index (χ0) is 46.3. The van der Waals surface area contributed by atoms with E-state index in [-0.39, 0.29) is 38.4 Å². The number of cyclic esters (lactones) is 1. The number of ether oxygens (including phenoxy) is 3. The second kappa shape index (κ2) is 21.1. The number of aromatic nitrogens is 2. The standard InChI is InChI=1S/C50H56Cl2N6O7/c1-33-43(59)25-38(31-63-5)47(60)54-50(27-35-12-17-39(51)18-13-35)22-9-23-57(32-50)48(61)45(24-34-10-7-6-8-11-34)65-49(62)58(33)29-37-14-19-40(52)26-44(37)64-41-20-15-36(16-21-41)42-28-53-46(56(42)4)30-55(2)3/h6-8,10-21,26,28,33,38,45H,9,22-25,27,29-32H2,1-5H3,(H,54,60)/t33-,38-,45-,50+/m0/s1. The van der Waals surface area contributed by atoms with Crippen LogP contribution in [-0.2, 0) is 56.8 Å². The van der Waals surface area contributed by atoms with Crippen LogP contribution in [-0.4, -0.2) is 107 Å². The molecule has 3 heterocycles. The third-order valence-corrected chi connectivity index (χ3v) is 12.6. The lowest BCUT2D eigenvalue weighted by Gasteiger charge is -2.45. The molecule has 5 aromatic rings. The molecule has 0 saturated carbocycles. The van der Waals surface area contributed by atoms with Gasteiger partial charge in [-0.1, -0.05) is 71.7 Å². The molecule has 2 bridgehead atoms. The number of hydrogen-bond acceptors (Lipinski definition) is 9. The highest BCUT2D eigenvalue weighted by molar-refractivity contribution is 6.31. The fourth-order valence-electron chi connectivity index (χ4n) is 8.65. The molecule has 1 aromatic heterocycles. The lowest BCUT2D eigenvalue weighted by Crippen LogP contribution is -2.63. The van der Waals surface area contributed by atoms with Crippen LogP contribution < -0.4 is 10.1 Å². The molecule has 2 aliphatic rings. The summed E-state index contributed by atoms with van der Waals surface area (Å²) in [7, 11) is 7.45. The van der Waals surface area contributed by atoms with Crippen LogP contribution in [0.3, 0.4) is 0 Å². The van der Waals surface area contributed by atoms with Crippen molar-refractivity contribution in [2.75, 3.05) is 40.9 Å². The number of carbonyl (C=O) groups is 4. The first-order chi connectivity index (χ1) is 31.2. The lowest BCUT2D eigenvalue weighted by molar-refractivity contribution is -0.146. The summed E-state index contributed by atoms with van der Waals surface area (Å²) in [6.45, 7) is 2.65. The number of nitrogens with one attached hydrogen (secondary N) is 1. The first-order valence-corrected chi connectivity index (χ1v) is 22.6. The predicted octanol–water partition coefficient (Wildman–Crippen LogP) is 8.14. The number of Topliss-reactive ketones (excluding diaryl/α,β-unsaturated/α-hetero) is 1. The Kier molecular flexibility index (Phi) is 15.3. The van der Waals surface area contributed by atoms with E-state index in [0.29, 0.717) is 59.5 Å². The van der Waals surface area contributed by atoms with E-state index in [1.165, 1.54) is 12.0 Å². The molecule has 0 spiro atoms. The zero-order valence-electron chi connectivity index (χ0n) is 37.5. The lowest BCUT2D eigenvalue weighted by atomic mass is 9.82. The van der Waals surface area contributed by atoms with Crippen molar-refractivity contribution in [1.29, 1.82) is 0 Å². The van der Waals surface area contributed by atoms with Gasteiger partial charge >= 0.3 is 6.09 Å². The minimum absolute atomic E-state index is 0.0423. The van der Waals surface area contributed by atoms with Crippen LogP contribution in [0.5, 0.6) is 11.5 Å². The second-order valence-electron chi connectivity index (χ2n) is 17.4. The van der Waals surface area contributed by atoms with Gasteiger partial charge in [-0.2, -0.15) is 0 Å². The minimum Gasteiger partial charge on any atom is -0.457 e. The molecule has 4 atom stereocenters. The molecule has 4 aromatic carbocycles. The van der Waals surface area contributed by atoms with E-state index in [1.54, 1.807) is 42.2 Å². The number of ketones is 1.